The lowest BCUT2D eigenvalue weighted by Gasteiger charge is -2.18. The van der Waals surface area contributed by atoms with Gasteiger partial charge < -0.3 is 16.4 Å². The molecule has 0 saturated carbocycles. The summed E-state index contributed by atoms with van der Waals surface area (Å²) in [6.07, 6.45) is 0. The normalized spacial score (nSPS) is 10.3. The molecule has 104 valence electrons. The van der Waals surface area contributed by atoms with Gasteiger partial charge in [-0.2, -0.15) is 0 Å². The topological polar surface area (TPSA) is 85.2 Å². The number of nitrogens with two attached hydrogens (primary N) is 2. The number of anilines is 2. The van der Waals surface area contributed by atoms with Crippen molar-refractivity contribution in [2.24, 2.45) is 0 Å². The fourth-order valence-electron chi connectivity index (χ4n) is 1.98. The van der Waals surface area contributed by atoms with E-state index in [1.165, 1.54) is 0 Å². The van der Waals surface area contributed by atoms with Crippen LogP contribution in [0.4, 0.5) is 11.4 Å². The number of hydrogen-bond donors (Lipinski definition) is 2. The summed E-state index contributed by atoms with van der Waals surface area (Å²) in [5.74, 6) is -0.147. The number of carbonyl (C=O) groups excluding carboxylic acids is 1. The summed E-state index contributed by atoms with van der Waals surface area (Å²) in [5.41, 5.74) is 14.6. The van der Waals surface area contributed by atoms with Crippen LogP contribution in [0.1, 0.15) is 21.7 Å². The number of hydrogen-bond acceptors (Lipinski definition) is 4. The average Bonchev–Trinajstić information content (AvgIpc) is 2.38. The Labute approximate surface area is 118 Å². The first-order chi connectivity index (χ1) is 9.47. The van der Waals surface area contributed by atoms with Crippen LogP contribution in [0.25, 0.3) is 0 Å². The minimum Gasteiger partial charge on any atom is -0.399 e. The summed E-state index contributed by atoms with van der Waals surface area (Å²) in [6, 6.07) is 10.6. The second-order valence-electron chi connectivity index (χ2n) is 4.78. The first-order valence-corrected chi connectivity index (χ1v) is 6.30. The van der Waals surface area contributed by atoms with Gasteiger partial charge in [0.15, 0.2) is 0 Å². The molecular formula is C15H18N4O. The summed E-state index contributed by atoms with van der Waals surface area (Å²) in [7, 11) is 1.72. The lowest BCUT2D eigenvalue weighted by molar-refractivity contribution is 0.0784. The van der Waals surface area contributed by atoms with Gasteiger partial charge in [-0.25, -0.2) is 0 Å². The molecule has 0 aliphatic rings. The Hall–Kier alpha value is -2.56. The standard InChI is InChI=1S/C15H18N4O/c1-10-4-3-5-12(18-10)9-19(2)15(20)13-7-6-11(16)8-14(13)17/h3-8H,9,16-17H2,1-2H3. The van der Waals surface area contributed by atoms with Gasteiger partial charge in [-0.1, -0.05) is 6.07 Å². The smallest absolute Gasteiger partial charge is 0.256 e. The second kappa shape index (κ2) is 5.61. The SMILES string of the molecule is Cc1cccc(CN(C)C(=O)c2ccc(N)cc2N)n1. The Kier molecular flexibility index (Phi) is 3.89. The van der Waals surface area contributed by atoms with Crippen molar-refractivity contribution < 1.29 is 4.79 Å². The monoisotopic (exact) mass is 270 g/mol. The maximum Gasteiger partial charge on any atom is 0.256 e. The van der Waals surface area contributed by atoms with Crippen molar-refractivity contribution >= 4 is 17.3 Å². The molecule has 5 heteroatoms. The van der Waals surface area contributed by atoms with E-state index in [1.807, 2.05) is 25.1 Å². The number of aryl methyl sites for hydroxylation is 1. The molecule has 2 aromatic rings. The number of rotatable bonds is 3. The van der Waals surface area contributed by atoms with Crippen LogP contribution in [0.3, 0.4) is 0 Å². The van der Waals surface area contributed by atoms with Gasteiger partial charge in [0, 0.05) is 24.1 Å². The molecule has 0 saturated heterocycles. The molecule has 2 rings (SSSR count). The largest absolute Gasteiger partial charge is 0.399 e. The van der Waals surface area contributed by atoms with Crippen molar-refractivity contribution in [2.45, 2.75) is 13.5 Å². The molecule has 0 atom stereocenters. The van der Waals surface area contributed by atoms with Gasteiger partial charge in [-0.05, 0) is 37.3 Å². The Morgan fingerprint density at radius 3 is 2.65 bits per heavy atom. The van der Waals surface area contributed by atoms with Crippen molar-refractivity contribution in [3.8, 4) is 0 Å². The summed E-state index contributed by atoms with van der Waals surface area (Å²) in [5, 5.41) is 0. The van der Waals surface area contributed by atoms with Gasteiger partial charge in [0.2, 0.25) is 0 Å². The number of amides is 1. The molecule has 0 spiro atoms. The van der Waals surface area contributed by atoms with Crippen LogP contribution in [-0.4, -0.2) is 22.8 Å². The molecule has 0 fully saturated rings. The molecule has 1 aromatic heterocycles. The quantitative estimate of drug-likeness (QED) is 0.833. The molecule has 1 heterocycles. The Morgan fingerprint density at radius 2 is 2.00 bits per heavy atom. The molecule has 1 amide bonds. The van der Waals surface area contributed by atoms with Gasteiger partial charge in [-0.15, -0.1) is 0 Å². The molecule has 5 nitrogen and oxygen atoms in total. The molecule has 1 aromatic carbocycles. The van der Waals surface area contributed by atoms with E-state index in [1.54, 1.807) is 30.1 Å². The van der Waals surface area contributed by atoms with E-state index in [-0.39, 0.29) is 5.91 Å². The van der Waals surface area contributed by atoms with E-state index in [0.29, 0.717) is 23.5 Å². The van der Waals surface area contributed by atoms with Gasteiger partial charge in [0.25, 0.3) is 5.91 Å². The molecular weight excluding hydrogens is 252 g/mol. The zero-order chi connectivity index (χ0) is 14.7. The molecule has 0 radical (unpaired) electrons. The van der Waals surface area contributed by atoms with Crippen LogP contribution in [0, 0.1) is 6.92 Å². The third-order valence-electron chi connectivity index (χ3n) is 3.00. The highest BCUT2D eigenvalue weighted by molar-refractivity contribution is 5.99. The highest BCUT2D eigenvalue weighted by atomic mass is 16.2. The lowest BCUT2D eigenvalue weighted by atomic mass is 10.1. The van der Waals surface area contributed by atoms with E-state index < -0.39 is 0 Å². The lowest BCUT2D eigenvalue weighted by Crippen LogP contribution is -2.27. The van der Waals surface area contributed by atoms with Crippen molar-refractivity contribution in [2.75, 3.05) is 18.5 Å². The molecule has 0 unspecified atom stereocenters. The van der Waals surface area contributed by atoms with Gasteiger partial charge in [0.1, 0.15) is 0 Å². The van der Waals surface area contributed by atoms with Crippen molar-refractivity contribution in [1.82, 2.24) is 9.88 Å². The molecule has 4 N–H and O–H groups in total. The van der Waals surface area contributed by atoms with Crippen LogP contribution < -0.4 is 11.5 Å². The van der Waals surface area contributed by atoms with Crippen LogP contribution >= 0.6 is 0 Å². The van der Waals surface area contributed by atoms with E-state index >= 15 is 0 Å². The summed E-state index contributed by atoms with van der Waals surface area (Å²) in [6.45, 7) is 2.35. The van der Waals surface area contributed by atoms with E-state index in [9.17, 15) is 4.79 Å². The Bertz CT molecular complexity index is 640. The minimum atomic E-state index is -0.147. The van der Waals surface area contributed by atoms with E-state index in [0.717, 1.165) is 11.4 Å². The number of pyridine rings is 1. The molecule has 0 aliphatic heterocycles. The van der Waals surface area contributed by atoms with Crippen LogP contribution in [-0.2, 0) is 6.54 Å². The van der Waals surface area contributed by atoms with Crippen molar-refractivity contribution in [3.05, 3.63) is 53.3 Å². The molecule has 20 heavy (non-hydrogen) atoms. The van der Waals surface area contributed by atoms with Gasteiger partial charge in [0.05, 0.1) is 17.8 Å². The Balaban J connectivity index is 2.16. The number of benzene rings is 1. The second-order valence-corrected chi connectivity index (χ2v) is 4.78. The summed E-state index contributed by atoms with van der Waals surface area (Å²) >= 11 is 0. The van der Waals surface area contributed by atoms with Crippen LogP contribution in [0.2, 0.25) is 0 Å². The number of aromatic nitrogens is 1. The van der Waals surface area contributed by atoms with Gasteiger partial charge in [-0.3, -0.25) is 9.78 Å². The summed E-state index contributed by atoms with van der Waals surface area (Å²) < 4.78 is 0. The first-order valence-electron chi connectivity index (χ1n) is 6.30. The fourth-order valence-corrected chi connectivity index (χ4v) is 1.98. The van der Waals surface area contributed by atoms with Gasteiger partial charge >= 0.3 is 0 Å². The highest BCUT2D eigenvalue weighted by Crippen LogP contribution is 2.18. The van der Waals surface area contributed by atoms with E-state index in [2.05, 4.69) is 4.98 Å². The number of nitrogens with zero attached hydrogens (tertiary/aromatic N) is 2. The zero-order valence-electron chi connectivity index (χ0n) is 11.6. The maximum absolute atomic E-state index is 12.3. The van der Waals surface area contributed by atoms with E-state index in [4.69, 9.17) is 11.5 Å². The third kappa shape index (κ3) is 3.06. The average molecular weight is 270 g/mol. The molecule has 0 bridgehead atoms. The minimum absolute atomic E-state index is 0.147. The highest BCUT2D eigenvalue weighted by Gasteiger charge is 2.15. The number of nitrogen functional groups attached to an aromatic ring is 2. The zero-order valence-corrected chi connectivity index (χ0v) is 11.6. The maximum atomic E-state index is 12.3. The van der Waals surface area contributed by atoms with Crippen LogP contribution in [0.5, 0.6) is 0 Å². The summed E-state index contributed by atoms with van der Waals surface area (Å²) in [4.78, 5) is 18.3. The third-order valence-corrected chi connectivity index (χ3v) is 3.00. The Morgan fingerprint density at radius 1 is 1.25 bits per heavy atom. The first kappa shape index (κ1) is 13.9. The van der Waals surface area contributed by atoms with Crippen LogP contribution in [0.15, 0.2) is 36.4 Å². The predicted octanol–water partition coefficient (Wildman–Crippen LogP) is 1.83. The fraction of sp³-hybridized carbons (Fsp3) is 0.200. The van der Waals surface area contributed by atoms with Crippen molar-refractivity contribution in [3.63, 3.8) is 0 Å². The van der Waals surface area contributed by atoms with Crippen molar-refractivity contribution in [1.29, 1.82) is 0 Å². The number of carbonyl (C=O) groups is 1. The molecule has 0 aliphatic carbocycles. The predicted molar refractivity (Wildman–Crippen MR) is 80.0 cm³/mol.